The molecule has 0 fully saturated rings. The molecule has 0 aliphatic carbocycles. The van der Waals surface area contributed by atoms with Gasteiger partial charge in [0.25, 0.3) is 0 Å². The van der Waals surface area contributed by atoms with Crippen LogP contribution < -0.4 is 5.32 Å². The van der Waals surface area contributed by atoms with Gasteiger partial charge >= 0.3 is 0 Å². The summed E-state index contributed by atoms with van der Waals surface area (Å²) in [6, 6.07) is 8.13. The van der Waals surface area contributed by atoms with Gasteiger partial charge in [0.15, 0.2) is 6.29 Å². The van der Waals surface area contributed by atoms with Crippen molar-refractivity contribution >= 4 is 5.69 Å². The number of nitrogens with one attached hydrogen (secondary N) is 1. The highest BCUT2D eigenvalue weighted by atomic mass is 16.7. The Bertz CT molecular complexity index is 261. The first-order valence-corrected chi connectivity index (χ1v) is 4.36. The molecule has 0 spiro atoms. The van der Waals surface area contributed by atoms with E-state index in [1.165, 1.54) is 5.56 Å². The van der Waals surface area contributed by atoms with Crippen LogP contribution in [0.25, 0.3) is 0 Å². The van der Waals surface area contributed by atoms with Crippen LogP contribution in [0, 0.1) is 0 Å². The van der Waals surface area contributed by atoms with E-state index in [2.05, 4.69) is 17.4 Å². The molecule has 0 unspecified atom stereocenters. The summed E-state index contributed by atoms with van der Waals surface area (Å²) in [5, 5.41) is 3.28. The number of anilines is 1. The highest BCUT2D eigenvalue weighted by molar-refractivity contribution is 5.51. The molecule has 1 heterocycles. The van der Waals surface area contributed by atoms with Gasteiger partial charge in [-0.25, -0.2) is 0 Å². The monoisotopic (exact) mass is 179 g/mol. The minimum absolute atomic E-state index is 0.146. The summed E-state index contributed by atoms with van der Waals surface area (Å²) in [5.41, 5.74) is 2.32. The summed E-state index contributed by atoms with van der Waals surface area (Å²) in [7, 11) is 1.66. The van der Waals surface area contributed by atoms with Crippen molar-refractivity contribution in [1.29, 1.82) is 0 Å². The maximum atomic E-state index is 5.49. The van der Waals surface area contributed by atoms with Crippen molar-refractivity contribution in [1.82, 2.24) is 0 Å². The van der Waals surface area contributed by atoms with Gasteiger partial charge in [0, 0.05) is 18.4 Å². The Balaban J connectivity index is 2.17. The van der Waals surface area contributed by atoms with Crippen LogP contribution in [-0.4, -0.2) is 19.9 Å². The molecular formula is C10H13NO2. The Morgan fingerprint density at radius 2 is 2.31 bits per heavy atom. The lowest BCUT2D eigenvalue weighted by Gasteiger charge is -2.11. The van der Waals surface area contributed by atoms with E-state index < -0.39 is 0 Å². The predicted octanol–water partition coefficient (Wildman–Crippen LogP) is 1.60. The summed E-state index contributed by atoms with van der Waals surface area (Å²) in [4.78, 5) is 0. The van der Waals surface area contributed by atoms with Crippen LogP contribution >= 0.6 is 0 Å². The molecule has 1 aliphatic heterocycles. The second kappa shape index (κ2) is 3.77. The lowest BCUT2D eigenvalue weighted by molar-refractivity contribution is -0.119. The van der Waals surface area contributed by atoms with Crippen LogP contribution in [-0.2, 0) is 16.1 Å². The van der Waals surface area contributed by atoms with E-state index in [1.807, 2.05) is 12.1 Å². The third-order valence-corrected chi connectivity index (χ3v) is 2.16. The maximum Gasteiger partial charge on any atom is 0.174 e. The Hall–Kier alpha value is -1.06. The lowest BCUT2D eigenvalue weighted by Crippen LogP contribution is -2.22. The zero-order valence-electron chi connectivity index (χ0n) is 7.62. The summed E-state index contributed by atoms with van der Waals surface area (Å²) < 4.78 is 10.6. The van der Waals surface area contributed by atoms with Gasteiger partial charge < -0.3 is 14.8 Å². The Morgan fingerprint density at radius 3 is 3.15 bits per heavy atom. The molecule has 1 N–H and O–H groups in total. The first-order chi connectivity index (χ1) is 6.40. The standard InChI is InChI=1S/C10H13NO2/c1-12-10-6-11-9-5-3-2-4-8(9)7-13-10/h2-5,10-11H,6-7H2,1H3/t10-/m1/s1. The van der Waals surface area contributed by atoms with Crippen LogP contribution in [0.2, 0.25) is 0 Å². The van der Waals surface area contributed by atoms with Gasteiger partial charge in [-0.2, -0.15) is 0 Å². The van der Waals surface area contributed by atoms with E-state index >= 15 is 0 Å². The third kappa shape index (κ3) is 1.82. The third-order valence-electron chi connectivity index (χ3n) is 2.16. The van der Waals surface area contributed by atoms with Crippen LogP contribution in [0.15, 0.2) is 24.3 Å². The summed E-state index contributed by atoms with van der Waals surface area (Å²) in [6.45, 7) is 1.31. The highest BCUT2D eigenvalue weighted by Gasteiger charge is 2.13. The second-order valence-electron chi connectivity index (χ2n) is 3.01. The number of fused-ring (bicyclic) bond motifs is 1. The lowest BCUT2D eigenvalue weighted by atomic mass is 10.2. The molecular weight excluding hydrogens is 166 g/mol. The topological polar surface area (TPSA) is 30.5 Å². The second-order valence-corrected chi connectivity index (χ2v) is 3.01. The van der Waals surface area contributed by atoms with Crippen LogP contribution in [0.5, 0.6) is 0 Å². The van der Waals surface area contributed by atoms with Crippen LogP contribution in [0.3, 0.4) is 0 Å². The quantitative estimate of drug-likeness (QED) is 0.710. The average Bonchev–Trinajstić information content (AvgIpc) is 2.39. The number of para-hydroxylation sites is 1. The molecule has 0 bridgehead atoms. The van der Waals surface area contributed by atoms with Gasteiger partial charge in [-0.15, -0.1) is 0 Å². The molecule has 0 saturated carbocycles. The van der Waals surface area contributed by atoms with E-state index in [-0.39, 0.29) is 6.29 Å². The van der Waals surface area contributed by atoms with Crippen molar-refractivity contribution in [2.24, 2.45) is 0 Å². The van der Waals surface area contributed by atoms with Crippen molar-refractivity contribution in [2.75, 3.05) is 19.0 Å². The first-order valence-electron chi connectivity index (χ1n) is 4.36. The van der Waals surface area contributed by atoms with Gasteiger partial charge in [-0.3, -0.25) is 0 Å². The van der Waals surface area contributed by atoms with Crippen molar-refractivity contribution in [3.05, 3.63) is 29.8 Å². The number of rotatable bonds is 1. The molecule has 1 aromatic rings. The minimum Gasteiger partial charge on any atom is -0.380 e. The Labute approximate surface area is 77.7 Å². The van der Waals surface area contributed by atoms with E-state index in [0.29, 0.717) is 13.2 Å². The zero-order valence-corrected chi connectivity index (χ0v) is 7.62. The average molecular weight is 179 g/mol. The molecule has 3 heteroatoms. The number of hydrogen-bond acceptors (Lipinski definition) is 3. The highest BCUT2D eigenvalue weighted by Crippen LogP contribution is 2.19. The molecule has 0 aromatic heterocycles. The predicted molar refractivity (Wildman–Crippen MR) is 50.5 cm³/mol. The maximum absolute atomic E-state index is 5.49. The van der Waals surface area contributed by atoms with E-state index in [9.17, 15) is 0 Å². The van der Waals surface area contributed by atoms with Crippen LogP contribution in [0.1, 0.15) is 5.56 Å². The van der Waals surface area contributed by atoms with Crippen molar-refractivity contribution < 1.29 is 9.47 Å². The molecule has 0 amide bonds. The smallest absolute Gasteiger partial charge is 0.174 e. The molecule has 3 nitrogen and oxygen atoms in total. The molecule has 13 heavy (non-hydrogen) atoms. The van der Waals surface area contributed by atoms with Crippen molar-refractivity contribution in [3.63, 3.8) is 0 Å². The number of hydrogen-bond donors (Lipinski definition) is 1. The minimum atomic E-state index is -0.146. The molecule has 0 saturated heterocycles. The van der Waals surface area contributed by atoms with Gasteiger partial charge in [-0.05, 0) is 6.07 Å². The molecule has 2 rings (SSSR count). The van der Waals surface area contributed by atoms with Crippen molar-refractivity contribution in [3.8, 4) is 0 Å². The fraction of sp³-hybridized carbons (Fsp3) is 0.400. The summed E-state index contributed by atoms with van der Waals surface area (Å²) in [5.74, 6) is 0. The van der Waals surface area contributed by atoms with E-state index in [1.54, 1.807) is 7.11 Å². The van der Waals surface area contributed by atoms with Crippen LogP contribution in [0.4, 0.5) is 5.69 Å². The SMILES string of the molecule is CO[C@H]1CNc2ccccc2CO1. The Kier molecular flexibility index (Phi) is 2.47. The number of ether oxygens (including phenoxy) is 2. The number of methoxy groups -OCH3 is 1. The first kappa shape index (κ1) is 8.53. The zero-order chi connectivity index (χ0) is 9.10. The molecule has 1 aliphatic rings. The fourth-order valence-electron chi connectivity index (χ4n) is 1.40. The molecule has 1 aromatic carbocycles. The van der Waals surface area contributed by atoms with Gasteiger partial charge in [-0.1, -0.05) is 18.2 Å². The van der Waals surface area contributed by atoms with Gasteiger partial charge in [0.1, 0.15) is 0 Å². The van der Waals surface area contributed by atoms with Gasteiger partial charge in [0.05, 0.1) is 13.2 Å². The van der Waals surface area contributed by atoms with E-state index in [4.69, 9.17) is 9.47 Å². The van der Waals surface area contributed by atoms with Crippen molar-refractivity contribution in [2.45, 2.75) is 12.9 Å². The van der Waals surface area contributed by atoms with Gasteiger partial charge in [0.2, 0.25) is 0 Å². The molecule has 1 atom stereocenters. The summed E-state index contributed by atoms with van der Waals surface area (Å²) >= 11 is 0. The molecule has 0 radical (unpaired) electrons. The fourth-order valence-corrected chi connectivity index (χ4v) is 1.40. The molecule has 70 valence electrons. The summed E-state index contributed by atoms with van der Waals surface area (Å²) in [6.07, 6.45) is -0.146. The largest absolute Gasteiger partial charge is 0.380 e. The number of benzene rings is 1. The Morgan fingerprint density at radius 1 is 1.46 bits per heavy atom. The van der Waals surface area contributed by atoms with E-state index in [0.717, 1.165) is 5.69 Å². The normalized spacial score (nSPS) is 21.5.